The van der Waals surface area contributed by atoms with Gasteiger partial charge in [0.15, 0.2) is 0 Å². The summed E-state index contributed by atoms with van der Waals surface area (Å²) in [5.74, 6) is -0.342. The van der Waals surface area contributed by atoms with Crippen LogP contribution in [-0.2, 0) is 0 Å². The Morgan fingerprint density at radius 3 is 2.48 bits per heavy atom. The number of nitrogen functional groups attached to an aromatic ring is 1. The van der Waals surface area contributed by atoms with Gasteiger partial charge in [-0.2, -0.15) is 0 Å². The second-order valence-electron chi connectivity index (χ2n) is 4.65. The Morgan fingerprint density at radius 2 is 1.86 bits per heavy atom. The Balaban J connectivity index is 2.20. The number of carbonyl (C=O) groups excluding carboxylic acids is 1. The standard InChI is InChI=1S/C16H18FN3O/c1-2-11-20(15-6-4-3-5-14(15)18)16(21)19-13-9-7-12(17)8-10-13/h3-10H,2,11,18H2,1H3,(H,19,21). The quantitative estimate of drug-likeness (QED) is 0.839. The molecule has 4 nitrogen and oxygen atoms in total. The van der Waals surface area contributed by atoms with Gasteiger partial charge in [-0.15, -0.1) is 0 Å². The summed E-state index contributed by atoms with van der Waals surface area (Å²) in [4.78, 5) is 14.0. The Hall–Kier alpha value is -2.56. The molecule has 0 spiro atoms. The van der Waals surface area contributed by atoms with E-state index in [1.54, 1.807) is 17.0 Å². The largest absolute Gasteiger partial charge is 0.397 e. The molecule has 5 heteroatoms. The molecule has 0 unspecified atom stereocenters. The predicted octanol–water partition coefficient (Wildman–Crippen LogP) is 3.86. The molecule has 0 aliphatic heterocycles. The number of para-hydroxylation sites is 2. The van der Waals surface area contributed by atoms with Gasteiger partial charge in [0.05, 0.1) is 11.4 Å². The number of hydrogen-bond donors (Lipinski definition) is 2. The van der Waals surface area contributed by atoms with Crippen LogP contribution in [0.2, 0.25) is 0 Å². The van der Waals surface area contributed by atoms with Gasteiger partial charge in [0.1, 0.15) is 5.82 Å². The van der Waals surface area contributed by atoms with E-state index in [9.17, 15) is 9.18 Å². The lowest BCUT2D eigenvalue weighted by Gasteiger charge is -2.24. The summed E-state index contributed by atoms with van der Waals surface area (Å²) in [5.41, 5.74) is 7.68. The number of nitrogens with one attached hydrogen (secondary N) is 1. The van der Waals surface area contributed by atoms with Crippen molar-refractivity contribution in [2.45, 2.75) is 13.3 Å². The van der Waals surface area contributed by atoms with Crippen molar-refractivity contribution >= 4 is 23.1 Å². The number of carbonyl (C=O) groups is 1. The number of urea groups is 1. The maximum absolute atomic E-state index is 12.9. The number of rotatable bonds is 4. The Kier molecular flexibility index (Phi) is 4.77. The van der Waals surface area contributed by atoms with E-state index < -0.39 is 0 Å². The first kappa shape index (κ1) is 14.8. The lowest BCUT2D eigenvalue weighted by atomic mass is 10.2. The number of benzene rings is 2. The summed E-state index contributed by atoms with van der Waals surface area (Å²) in [5, 5.41) is 2.74. The van der Waals surface area contributed by atoms with Crippen molar-refractivity contribution in [1.82, 2.24) is 0 Å². The SMILES string of the molecule is CCCN(C(=O)Nc1ccc(F)cc1)c1ccccc1N. The number of hydrogen-bond acceptors (Lipinski definition) is 2. The zero-order chi connectivity index (χ0) is 15.2. The third kappa shape index (κ3) is 3.72. The van der Waals surface area contributed by atoms with Gasteiger partial charge in [-0.05, 0) is 42.8 Å². The fourth-order valence-corrected chi connectivity index (χ4v) is 2.01. The third-order valence-electron chi connectivity index (χ3n) is 3.02. The van der Waals surface area contributed by atoms with E-state index in [-0.39, 0.29) is 11.8 Å². The molecule has 21 heavy (non-hydrogen) atoms. The molecule has 2 aromatic rings. The highest BCUT2D eigenvalue weighted by atomic mass is 19.1. The fraction of sp³-hybridized carbons (Fsp3) is 0.188. The molecule has 0 aliphatic rings. The lowest BCUT2D eigenvalue weighted by Crippen LogP contribution is -2.36. The van der Waals surface area contributed by atoms with Gasteiger partial charge in [0, 0.05) is 12.2 Å². The maximum Gasteiger partial charge on any atom is 0.326 e. The molecule has 0 aromatic heterocycles. The van der Waals surface area contributed by atoms with E-state index in [2.05, 4.69) is 5.32 Å². The zero-order valence-corrected chi connectivity index (χ0v) is 11.8. The first-order valence-corrected chi connectivity index (χ1v) is 6.80. The maximum atomic E-state index is 12.9. The van der Waals surface area contributed by atoms with E-state index in [1.807, 2.05) is 19.1 Å². The van der Waals surface area contributed by atoms with E-state index in [4.69, 9.17) is 5.73 Å². The molecule has 0 radical (unpaired) electrons. The summed E-state index contributed by atoms with van der Waals surface area (Å²) < 4.78 is 12.9. The molecule has 2 amide bonds. The van der Waals surface area contributed by atoms with Crippen molar-refractivity contribution in [2.75, 3.05) is 22.5 Å². The van der Waals surface area contributed by atoms with Crippen LogP contribution in [0.1, 0.15) is 13.3 Å². The van der Waals surface area contributed by atoms with Gasteiger partial charge in [-0.25, -0.2) is 9.18 Å². The Morgan fingerprint density at radius 1 is 1.19 bits per heavy atom. The van der Waals surface area contributed by atoms with Crippen molar-refractivity contribution in [2.24, 2.45) is 0 Å². The predicted molar refractivity (Wildman–Crippen MR) is 83.9 cm³/mol. The van der Waals surface area contributed by atoms with Crippen molar-refractivity contribution in [3.63, 3.8) is 0 Å². The first-order valence-electron chi connectivity index (χ1n) is 6.80. The van der Waals surface area contributed by atoms with Gasteiger partial charge >= 0.3 is 6.03 Å². The van der Waals surface area contributed by atoms with Gasteiger partial charge in [0.2, 0.25) is 0 Å². The molecule has 0 saturated heterocycles. The molecule has 0 heterocycles. The molecular formula is C16H18FN3O. The van der Waals surface area contributed by atoms with E-state index >= 15 is 0 Å². The Labute approximate surface area is 123 Å². The molecule has 0 atom stereocenters. The highest BCUT2D eigenvalue weighted by Crippen LogP contribution is 2.23. The number of amides is 2. The summed E-state index contributed by atoms with van der Waals surface area (Å²) in [6, 6.07) is 12.6. The van der Waals surface area contributed by atoms with Crippen molar-refractivity contribution in [3.05, 3.63) is 54.3 Å². The van der Waals surface area contributed by atoms with Gasteiger partial charge in [-0.3, -0.25) is 4.90 Å². The molecule has 0 saturated carbocycles. The molecule has 0 fully saturated rings. The van der Waals surface area contributed by atoms with Crippen LogP contribution in [0.3, 0.4) is 0 Å². The fourth-order valence-electron chi connectivity index (χ4n) is 2.01. The Bertz CT molecular complexity index is 613. The molecule has 2 rings (SSSR count). The van der Waals surface area contributed by atoms with Crippen LogP contribution in [0.4, 0.5) is 26.2 Å². The third-order valence-corrected chi connectivity index (χ3v) is 3.02. The average Bonchev–Trinajstić information content (AvgIpc) is 2.48. The topological polar surface area (TPSA) is 58.4 Å². The minimum Gasteiger partial charge on any atom is -0.397 e. The highest BCUT2D eigenvalue weighted by molar-refractivity contribution is 6.03. The summed E-state index contributed by atoms with van der Waals surface area (Å²) >= 11 is 0. The minimum absolute atomic E-state index is 0.290. The van der Waals surface area contributed by atoms with Gasteiger partial charge in [-0.1, -0.05) is 19.1 Å². The normalized spacial score (nSPS) is 10.2. The van der Waals surface area contributed by atoms with Crippen LogP contribution < -0.4 is 16.0 Å². The van der Waals surface area contributed by atoms with E-state index in [0.717, 1.165) is 6.42 Å². The smallest absolute Gasteiger partial charge is 0.326 e. The lowest BCUT2D eigenvalue weighted by molar-refractivity contribution is 0.257. The van der Waals surface area contributed by atoms with Crippen LogP contribution in [0, 0.1) is 5.82 Å². The van der Waals surface area contributed by atoms with Crippen LogP contribution in [0.5, 0.6) is 0 Å². The highest BCUT2D eigenvalue weighted by Gasteiger charge is 2.17. The first-order chi connectivity index (χ1) is 10.1. The zero-order valence-electron chi connectivity index (χ0n) is 11.8. The molecule has 3 N–H and O–H groups in total. The minimum atomic E-state index is -0.342. The molecule has 110 valence electrons. The molecule has 2 aromatic carbocycles. The molecule has 0 bridgehead atoms. The summed E-state index contributed by atoms with van der Waals surface area (Å²) in [6.07, 6.45) is 0.797. The van der Waals surface area contributed by atoms with Crippen molar-refractivity contribution < 1.29 is 9.18 Å². The van der Waals surface area contributed by atoms with Gasteiger partial charge in [0.25, 0.3) is 0 Å². The monoisotopic (exact) mass is 287 g/mol. The van der Waals surface area contributed by atoms with Crippen LogP contribution in [0.15, 0.2) is 48.5 Å². The van der Waals surface area contributed by atoms with Crippen LogP contribution in [-0.4, -0.2) is 12.6 Å². The summed E-state index contributed by atoms with van der Waals surface area (Å²) in [6.45, 7) is 2.53. The number of halogens is 1. The van der Waals surface area contributed by atoms with E-state index in [1.165, 1.54) is 24.3 Å². The second-order valence-corrected chi connectivity index (χ2v) is 4.65. The van der Waals surface area contributed by atoms with Crippen molar-refractivity contribution in [3.8, 4) is 0 Å². The molecule has 0 aliphatic carbocycles. The van der Waals surface area contributed by atoms with Crippen molar-refractivity contribution in [1.29, 1.82) is 0 Å². The number of anilines is 3. The van der Waals surface area contributed by atoms with Gasteiger partial charge < -0.3 is 11.1 Å². The van der Waals surface area contributed by atoms with E-state index in [0.29, 0.717) is 23.6 Å². The van der Waals surface area contributed by atoms with Crippen LogP contribution in [0.25, 0.3) is 0 Å². The number of nitrogens with zero attached hydrogens (tertiary/aromatic N) is 1. The number of nitrogens with two attached hydrogens (primary N) is 1. The average molecular weight is 287 g/mol. The summed E-state index contributed by atoms with van der Waals surface area (Å²) in [7, 11) is 0. The van der Waals surface area contributed by atoms with Crippen LogP contribution >= 0.6 is 0 Å². The second kappa shape index (κ2) is 6.74. The molecular weight excluding hydrogens is 269 g/mol.